The number of benzene rings is 1. The van der Waals surface area contributed by atoms with Gasteiger partial charge in [0.05, 0.1) is 22.7 Å². The Hall–Kier alpha value is -2.67. The SMILES string of the molecule is C[C@H](Sc1ncc2ccccn12)c1nnnn1-c1ccccc1. The Balaban J connectivity index is 1.66. The van der Waals surface area contributed by atoms with Gasteiger partial charge in [-0.25, -0.2) is 4.98 Å². The average molecular weight is 322 g/mol. The number of hydrogen-bond donors (Lipinski definition) is 0. The van der Waals surface area contributed by atoms with Crippen molar-refractivity contribution in [2.45, 2.75) is 17.3 Å². The molecule has 0 amide bonds. The molecule has 23 heavy (non-hydrogen) atoms. The lowest BCUT2D eigenvalue weighted by atomic mass is 10.3. The third-order valence-corrected chi connectivity index (χ3v) is 4.62. The molecule has 0 aliphatic rings. The molecule has 4 aromatic rings. The lowest BCUT2D eigenvalue weighted by molar-refractivity contribution is 0.761. The van der Waals surface area contributed by atoms with Crippen molar-refractivity contribution in [2.75, 3.05) is 0 Å². The first-order chi connectivity index (χ1) is 11.3. The van der Waals surface area contributed by atoms with E-state index in [0.29, 0.717) is 0 Å². The summed E-state index contributed by atoms with van der Waals surface area (Å²) in [6.07, 6.45) is 3.88. The van der Waals surface area contributed by atoms with Gasteiger partial charge in [0.25, 0.3) is 0 Å². The highest BCUT2D eigenvalue weighted by Gasteiger charge is 2.19. The maximum absolute atomic E-state index is 4.50. The van der Waals surface area contributed by atoms with Crippen LogP contribution in [0.1, 0.15) is 18.0 Å². The molecule has 0 aliphatic heterocycles. The van der Waals surface area contributed by atoms with Gasteiger partial charge in [0, 0.05) is 6.20 Å². The molecular formula is C16H14N6S. The van der Waals surface area contributed by atoms with Crippen molar-refractivity contribution in [1.82, 2.24) is 29.6 Å². The van der Waals surface area contributed by atoms with Crippen LogP contribution in [0.5, 0.6) is 0 Å². The van der Waals surface area contributed by atoms with Crippen molar-refractivity contribution in [3.8, 4) is 5.69 Å². The molecule has 3 aromatic heterocycles. The van der Waals surface area contributed by atoms with Gasteiger partial charge in [-0.3, -0.25) is 4.40 Å². The number of nitrogens with zero attached hydrogens (tertiary/aromatic N) is 6. The van der Waals surface area contributed by atoms with Crippen LogP contribution in [0.15, 0.2) is 66.1 Å². The van der Waals surface area contributed by atoms with E-state index in [2.05, 4.69) is 31.8 Å². The van der Waals surface area contributed by atoms with Gasteiger partial charge >= 0.3 is 0 Å². The zero-order valence-electron chi connectivity index (χ0n) is 12.4. The topological polar surface area (TPSA) is 60.9 Å². The Bertz CT molecular complexity index is 930. The predicted molar refractivity (Wildman–Crippen MR) is 88.6 cm³/mol. The largest absolute Gasteiger partial charge is 0.295 e. The van der Waals surface area contributed by atoms with Crippen LogP contribution in [0, 0.1) is 0 Å². The lowest BCUT2D eigenvalue weighted by Crippen LogP contribution is -2.05. The molecule has 0 saturated carbocycles. The van der Waals surface area contributed by atoms with Crippen LogP contribution in [0.25, 0.3) is 11.2 Å². The fourth-order valence-electron chi connectivity index (χ4n) is 2.42. The molecule has 3 heterocycles. The molecule has 1 aromatic carbocycles. The predicted octanol–water partition coefficient (Wildman–Crippen LogP) is 3.16. The first-order valence-corrected chi connectivity index (χ1v) is 8.13. The fraction of sp³-hybridized carbons (Fsp3) is 0.125. The van der Waals surface area contributed by atoms with E-state index in [1.54, 1.807) is 16.4 Å². The summed E-state index contributed by atoms with van der Waals surface area (Å²) in [6, 6.07) is 15.9. The van der Waals surface area contributed by atoms with E-state index < -0.39 is 0 Å². The minimum absolute atomic E-state index is 0.0658. The molecule has 6 nitrogen and oxygen atoms in total. The maximum Gasteiger partial charge on any atom is 0.173 e. The van der Waals surface area contributed by atoms with Gasteiger partial charge in [0.2, 0.25) is 0 Å². The zero-order valence-corrected chi connectivity index (χ0v) is 13.3. The van der Waals surface area contributed by atoms with Crippen molar-refractivity contribution < 1.29 is 0 Å². The highest BCUT2D eigenvalue weighted by atomic mass is 32.2. The number of rotatable bonds is 4. The number of pyridine rings is 1. The molecule has 0 spiro atoms. The highest BCUT2D eigenvalue weighted by Crippen LogP contribution is 2.33. The molecule has 0 radical (unpaired) electrons. The van der Waals surface area contributed by atoms with Gasteiger partial charge in [-0.2, -0.15) is 4.68 Å². The van der Waals surface area contributed by atoms with E-state index in [-0.39, 0.29) is 5.25 Å². The van der Waals surface area contributed by atoms with Gasteiger partial charge < -0.3 is 0 Å². The summed E-state index contributed by atoms with van der Waals surface area (Å²) in [7, 11) is 0. The average Bonchev–Trinajstić information content (AvgIpc) is 3.23. The summed E-state index contributed by atoms with van der Waals surface area (Å²) < 4.78 is 3.84. The Labute approximate surface area is 137 Å². The monoisotopic (exact) mass is 322 g/mol. The molecule has 0 fully saturated rings. The quantitative estimate of drug-likeness (QED) is 0.540. The number of fused-ring (bicyclic) bond motifs is 1. The van der Waals surface area contributed by atoms with Crippen LogP contribution in [0.4, 0.5) is 0 Å². The van der Waals surface area contributed by atoms with Crippen molar-refractivity contribution in [3.63, 3.8) is 0 Å². The van der Waals surface area contributed by atoms with Crippen molar-refractivity contribution in [1.29, 1.82) is 0 Å². The van der Waals surface area contributed by atoms with E-state index in [1.165, 1.54) is 0 Å². The van der Waals surface area contributed by atoms with Gasteiger partial charge in [0.15, 0.2) is 11.0 Å². The molecule has 1 atom stereocenters. The van der Waals surface area contributed by atoms with Crippen molar-refractivity contribution in [2.24, 2.45) is 0 Å². The standard InChI is InChI=1S/C16H14N6S/c1-12(23-16-17-11-14-9-5-6-10-21(14)16)15-18-19-20-22(15)13-7-3-2-4-8-13/h2-12H,1H3/t12-/m0/s1. The van der Waals surface area contributed by atoms with E-state index in [9.17, 15) is 0 Å². The molecule has 4 rings (SSSR count). The normalized spacial score (nSPS) is 12.6. The van der Waals surface area contributed by atoms with E-state index in [4.69, 9.17) is 0 Å². The molecule has 7 heteroatoms. The maximum atomic E-state index is 4.50. The second-order valence-corrected chi connectivity index (χ2v) is 6.39. The number of tetrazole rings is 1. The Morgan fingerprint density at radius 3 is 2.74 bits per heavy atom. The summed E-state index contributed by atoms with van der Waals surface area (Å²) in [6.45, 7) is 2.08. The van der Waals surface area contributed by atoms with Crippen LogP contribution in [-0.2, 0) is 0 Å². The second-order valence-electron chi connectivity index (χ2n) is 5.08. The van der Waals surface area contributed by atoms with Crippen molar-refractivity contribution in [3.05, 3.63) is 66.7 Å². The summed E-state index contributed by atoms with van der Waals surface area (Å²) in [5, 5.41) is 13.1. The first kappa shape index (κ1) is 14.0. The third-order valence-electron chi connectivity index (χ3n) is 3.54. The van der Waals surface area contributed by atoms with Crippen LogP contribution in [-0.4, -0.2) is 29.6 Å². The number of thioether (sulfide) groups is 1. The Kier molecular flexibility index (Phi) is 3.55. The molecule has 0 aliphatic carbocycles. The third kappa shape index (κ3) is 2.59. The van der Waals surface area contributed by atoms with E-state index in [1.807, 2.05) is 60.9 Å². The first-order valence-electron chi connectivity index (χ1n) is 7.25. The minimum Gasteiger partial charge on any atom is -0.295 e. The van der Waals surface area contributed by atoms with Gasteiger partial charge in [0.1, 0.15) is 0 Å². The fourth-order valence-corrected chi connectivity index (χ4v) is 3.38. The van der Waals surface area contributed by atoms with Crippen LogP contribution >= 0.6 is 11.8 Å². The number of hydrogen-bond acceptors (Lipinski definition) is 5. The van der Waals surface area contributed by atoms with Crippen LogP contribution in [0.2, 0.25) is 0 Å². The number of aromatic nitrogens is 6. The summed E-state index contributed by atoms with van der Waals surface area (Å²) in [4.78, 5) is 4.50. The van der Waals surface area contributed by atoms with Gasteiger partial charge in [-0.05, 0) is 41.6 Å². The van der Waals surface area contributed by atoms with Crippen LogP contribution in [0.3, 0.4) is 0 Å². The lowest BCUT2D eigenvalue weighted by Gasteiger charge is -2.10. The summed E-state index contributed by atoms with van der Waals surface area (Å²) in [5.74, 6) is 0.800. The van der Waals surface area contributed by atoms with Crippen LogP contribution < -0.4 is 0 Å². The zero-order chi connectivity index (χ0) is 15.6. The smallest absolute Gasteiger partial charge is 0.173 e. The minimum atomic E-state index is 0.0658. The molecule has 0 N–H and O–H groups in total. The molecular weight excluding hydrogens is 308 g/mol. The number of imidazole rings is 1. The molecule has 0 saturated heterocycles. The van der Waals surface area contributed by atoms with Gasteiger partial charge in [-0.15, -0.1) is 5.10 Å². The van der Waals surface area contributed by atoms with Crippen molar-refractivity contribution >= 4 is 17.3 Å². The molecule has 114 valence electrons. The highest BCUT2D eigenvalue weighted by molar-refractivity contribution is 7.99. The second kappa shape index (κ2) is 5.85. The van der Waals surface area contributed by atoms with Gasteiger partial charge in [-0.1, -0.05) is 36.0 Å². The Morgan fingerprint density at radius 1 is 1.04 bits per heavy atom. The summed E-state index contributed by atoms with van der Waals surface area (Å²) >= 11 is 1.63. The molecule has 0 bridgehead atoms. The van der Waals surface area contributed by atoms with E-state index in [0.717, 1.165) is 22.2 Å². The molecule has 0 unspecified atom stereocenters. The number of para-hydroxylation sites is 1. The Morgan fingerprint density at radius 2 is 1.87 bits per heavy atom. The summed E-state index contributed by atoms with van der Waals surface area (Å²) in [5.41, 5.74) is 2.03. The van der Waals surface area contributed by atoms with E-state index >= 15 is 0 Å².